The Morgan fingerprint density at radius 2 is 2.09 bits per heavy atom. The summed E-state index contributed by atoms with van der Waals surface area (Å²) in [5.74, 6) is 0.360. The highest BCUT2D eigenvalue weighted by molar-refractivity contribution is 5.92. The minimum atomic E-state index is -0.154. The SMILES string of the molecule is CCCNc1nc(C)cc(C(=O)NCCN2CCOCC2)n1. The predicted molar refractivity (Wildman–Crippen MR) is 85.1 cm³/mol. The third-order valence-corrected chi connectivity index (χ3v) is 3.44. The number of rotatable bonds is 7. The minimum Gasteiger partial charge on any atom is -0.379 e. The third-order valence-electron chi connectivity index (χ3n) is 3.44. The molecule has 2 heterocycles. The molecule has 1 fully saturated rings. The summed E-state index contributed by atoms with van der Waals surface area (Å²) in [6.45, 7) is 9.56. The van der Waals surface area contributed by atoms with Gasteiger partial charge in [0.2, 0.25) is 5.95 Å². The van der Waals surface area contributed by atoms with Gasteiger partial charge < -0.3 is 15.4 Å². The van der Waals surface area contributed by atoms with E-state index < -0.39 is 0 Å². The van der Waals surface area contributed by atoms with Crippen molar-refractivity contribution in [3.63, 3.8) is 0 Å². The van der Waals surface area contributed by atoms with Crippen molar-refractivity contribution in [2.45, 2.75) is 20.3 Å². The minimum absolute atomic E-state index is 0.154. The summed E-state index contributed by atoms with van der Waals surface area (Å²) in [5, 5.41) is 6.03. The number of morpholine rings is 1. The van der Waals surface area contributed by atoms with Crippen LogP contribution in [-0.2, 0) is 4.74 Å². The molecule has 7 nitrogen and oxygen atoms in total. The van der Waals surface area contributed by atoms with Crippen molar-refractivity contribution >= 4 is 11.9 Å². The van der Waals surface area contributed by atoms with Crippen LogP contribution in [0.25, 0.3) is 0 Å². The highest BCUT2D eigenvalue weighted by Crippen LogP contribution is 2.05. The fourth-order valence-electron chi connectivity index (χ4n) is 2.24. The number of ether oxygens (including phenoxy) is 1. The van der Waals surface area contributed by atoms with Crippen LogP contribution in [0.15, 0.2) is 6.07 Å². The topological polar surface area (TPSA) is 79.4 Å². The molecule has 0 bridgehead atoms. The molecule has 0 aliphatic carbocycles. The van der Waals surface area contributed by atoms with Gasteiger partial charge in [0.25, 0.3) is 5.91 Å². The van der Waals surface area contributed by atoms with Crippen LogP contribution in [0.2, 0.25) is 0 Å². The predicted octanol–water partition coefficient (Wildman–Crippen LogP) is 0.669. The van der Waals surface area contributed by atoms with E-state index in [-0.39, 0.29) is 5.91 Å². The van der Waals surface area contributed by atoms with Gasteiger partial charge in [0.15, 0.2) is 0 Å². The maximum absolute atomic E-state index is 12.2. The van der Waals surface area contributed by atoms with E-state index >= 15 is 0 Å². The molecule has 0 atom stereocenters. The first-order chi connectivity index (χ1) is 10.7. The van der Waals surface area contributed by atoms with Crippen molar-refractivity contribution in [2.75, 3.05) is 51.3 Å². The Morgan fingerprint density at radius 1 is 1.32 bits per heavy atom. The highest BCUT2D eigenvalue weighted by Gasteiger charge is 2.12. The molecule has 1 aromatic heterocycles. The molecule has 1 aliphatic rings. The first-order valence-corrected chi connectivity index (χ1v) is 7.87. The van der Waals surface area contributed by atoms with Gasteiger partial charge in [-0.25, -0.2) is 9.97 Å². The number of aromatic nitrogens is 2. The van der Waals surface area contributed by atoms with E-state index in [9.17, 15) is 4.79 Å². The number of carbonyl (C=O) groups excluding carboxylic acids is 1. The molecule has 0 radical (unpaired) electrons. The van der Waals surface area contributed by atoms with Gasteiger partial charge >= 0.3 is 0 Å². The lowest BCUT2D eigenvalue weighted by molar-refractivity contribution is 0.0383. The zero-order chi connectivity index (χ0) is 15.8. The number of nitrogens with one attached hydrogen (secondary N) is 2. The molecule has 0 aromatic carbocycles. The fraction of sp³-hybridized carbons (Fsp3) is 0.667. The van der Waals surface area contributed by atoms with Gasteiger partial charge in [0.05, 0.1) is 13.2 Å². The van der Waals surface area contributed by atoms with Gasteiger partial charge in [-0.1, -0.05) is 6.92 Å². The van der Waals surface area contributed by atoms with Gasteiger partial charge in [-0.15, -0.1) is 0 Å². The highest BCUT2D eigenvalue weighted by atomic mass is 16.5. The number of carbonyl (C=O) groups is 1. The zero-order valence-electron chi connectivity index (χ0n) is 13.4. The first-order valence-electron chi connectivity index (χ1n) is 7.87. The molecular weight excluding hydrogens is 282 g/mol. The molecule has 0 spiro atoms. The summed E-state index contributed by atoms with van der Waals surface area (Å²) in [7, 11) is 0. The third kappa shape index (κ3) is 5.23. The van der Waals surface area contributed by atoms with Gasteiger partial charge in [-0.05, 0) is 19.4 Å². The van der Waals surface area contributed by atoms with Gasteiger partial charge in [-0.3, -0.25) is 9.69 Å². The van der Waals surface area contributed by atoms with Crippen LogP contribution in [0.5, 0.6) is 0 Å². The number of amides is 1. The standard InChI is InChI=1S/C15H25N5O2/c1-3-4-17-15-18-12(2)11-13(19-15)14(21)16-5-6-20-7-9-22-10-8-20/h11H,3-10H2,1-2H3,(H,16,21)(H,17,18,19). The molecular formula is C15H25N5O2. The fourth-order valence-corrected chi connectivity index (χ4v) is 2.24. The Morgan fingerprint density at radius 3 is 2.82 bits per heavy atom. The second-order valence-corrected chi connectivity index (χ2v) is 5.35. The van der Waals surface area contributed by atoms with Crippen LogP contribution in [-0.4, -0.2) is 66.7 Å². The maximum Gasteiger partial charge on any atom is 0.270 e. The molecule has 0 unspecified atom stereocenters. The molecule has 122 valence electrons. The summed E-state index contributed by atoms with van der Waals surface area (Å²) in [5.41, 5.74) is 1.19. The van der Waals surface area contributed by atoms with E-state index in [0.717, 1.165) is 51.5 Å². The largest absolute Gasteiger partial charge is 0.379 e. The van der Waals surface area contributed by atoms with Crippen LogP contribution in [0.3, 0.4) is 0 Å². The lowest BCUT2D eigenvalue weighted by Crippen LogP contribution is -2.41. The molecule has 7 heteroatoms. The van der Waals surface area contributed by atoms with E-state index in [2.05, 4.69) is 32.4 Å². The quantitative estimate of drug-likeness (QED) is 0.771. The van der Waals surface area contributed by atoms with Crippen LogP contribution in [0, 0.1) is 6.92 Å². The van der Waals surface area contributed by atoms with Crippen molar-refractivity contribution in [1.82, 2.24) is 20.2 Å². The Hall–Kier alpha value is -1.73. The van der Waals surface area contributed by atoms with E-state index in [1.54, 1.807) is 6.07 Å². The molecule has 1 aromatic rings. The van der Waals surface area contributed by atoms with E-state index in [4.69, 9.17) is 4.74 Å². The average Bonchev–Trinajstić information content (AvgIpc) is 2.53. The van der Waals surface area contributed by atoms with Crippen molar-refractivity contribution in [2.24, 2.45) is 0 Å². The van der Waals surface area contributed by atoms with Gasteiger partial charge in [0.1, 0.15) is 5.69 Å². The molecule has 0 saturated carbocycles. The van der Waals surface area contributed by atoms with E-state index in [0.29, 0.717) is 18.2 Å². The van der Waals surface area contributed by atoms with Crippen LogP contribution in [0.1, 0.15) is 29.5 Å². The monoisotopic (exact) mass is 307 g/mol. The second kappa shape index (κ2) is 8.65. The Bertz CT molecular complexity index is 489. The molecule has 1 saturated heterocycles. The Kier molecular flexibility index (Phi) is 6.54. The van der Waals surface area contributed by atoms with Gasteiger partial charge in [0, 0.05) is 38.4 Å². The molecule has 1 aliphatic heterocycles. The van der Waals surface area contributed by atoms with Crippen molar-refractivity contribution in [3.05, 3.63) is 17.5 Å². The summed E-state index contributed by atoms with van der Waals surface area (Å²) >= 11 is 0. The summed E-state index contributed by atoms with van der Waals surface area (Å²) in [6.07, 6.45) is 0.985. The smallest absolute Gasteiger partial charge is 0.270 e. The van der Waals surface area contributed by atoms with Crippen LogP contribution < -0.4 is 10.6 Å². The van der Waals surface area contributed by atoms with E-state index in [1.165, 1.54) is 0 Å². The molecule has 1 amide bonds. The molecule has 2 N–H and O–H groups in total. The van der Waals surface area contributed by atoms with E-state index in [1.807, 2.05) is 6.92 Å². The number of nitrogens with zero attached hydrogens (tertiary/aromatic N) is 3. The lowest BCUT2D eigenvalue weighted by Gasteiger charge is -2.26. The number of hydrogen-bond acceptors (Lipinski definition) is 6. The number of anilines is 1. The van der Waals surface area contributed by atoms with Crippen molar-refractivity contribution in [1.29, 1.82) is 0 Å². The van der Waals surface area contributed by atoms with Crippen LogP contribution in [0.4, 0.5) is 5.95 Å². The molecule has 22 heavy (non-hydrogen) atoms. The van der Waals surface area contributed by atoms with Crippen molar-refractivity contribution < 1.29 is 9.53 Å². The zero-order valence-corrected chi connectivity index (χ0v) is 13.4. The summed E-state index contributed by atoms with van der Waals surface area (Å²) in [6, 6.07) is 1.71. The second-order valence-electron chi connectivity index (χ2n) is 5.35. The number of hydrogen-bond donors (Lipinski definition) is 2. The summed E-state index contributed by atoms with van der Waals surface area (Å²) in [4.78, 5) is 23.0. The maximum atomic E-state index is 12.2. The van der Waals surface area contributed by atoms with Crippen molar-refractivity contribution in [3.8, 4) is 0 Å². The van der Waals surface area contributed by atoms with Crippen LogP contribution >= 0.6 is 0 Å². The first kappa shape index (κ1) is 16.6. The Labute approximate surface area is 131 Å². The molecule has 2 rings (SSSR count). The Balaban J connectivity index is 1.84. The summed E-state index contributed by atoms with van der Waals surface area (Å²) < 4.78 is 5.30. The normalized spacial score (nSPS) is 15.5. The average molecular weight is 307 g/mol. The number of aryl methyl sites for hydroxylation is 1. The lowest BCUT2D eigenvalue weighted by atomic mass is 10.3. The van der Waals surface area contributed by atoms with Gasteiger partial charge in [-0.2, -0.15) is 0 Å².